The Morgan fingerprint density at radius 2 is 1.18 bits per heavy atom. The number of anilines is 2. The predicted molar refractivity (Wildman–Crippen MR) is 291 cm³/mol. The monoisotopic (exact) mass is 892 g/mol. The molecule has 0 radical (unpaired) electrons. The van der Waals surface area contributed by atoms with E-state index in [0.717, 1.165) is 11.2 Å². The lowest BCUT2D eigenvalue weighted by Crippen LogP contribution is -2.60. The SMILES string of the molecule is CC(C)(C)c1ccc(N2B3c4cc(C(C)(C)C)ccc4-n4c5ccc(C(C)(C)C)cc5c5c6oc7ccccc7c6c(c3c54)-c3cc4sc5cc6c(cc5c4cc32)C(C)(C)CCC6(C)C)cc1. The standard InChI is InChI=1S/C62H61BN2OS/c1-58(2,3)34-18-22-37(23-19-34)65-48-31-40-39-30-43-44(62(12,13)27-26-61(43,10)11)33-51(39)67-50(40)32-42(48)52-53-38-16-14-15-17-49(38)66-57(53)54-41-28-35(59(4,5)6)20-24-46(41)64-47-25-21-36(60(7,8)9)29-45(47)63(65)55(52)56(54)64/h14-25,28-33H,26-27H2,1-13H3. The zero-order chi connectivity index (χ0) is 46.6. The summed E-state index contributed by atoms with van der Waals surface area (Å²) >= 11 is 1.97. The van der Waals surface area contributed by atoms with Gasteiger partial charge in [-0.25, -0.2) is 0 Å². The lowest BCUT2D eigenvalue weighted by atomic mass is 9.43. The molecule has 0 fully saturated rings. The Morgan fingerprint density at radius 1 is 0.567 bits per heavy atom. The number of nitrogens with zero attached hydrogens (tertiary/aromatic N) is 2. The zero-order valence-corrected chi connectivity index (χ0v) is 42.4. The van der Waals surface area contributed by atoms with Gasteiger partial charge in [-0.15, -0.1) is 11.3 Å². The Labute approximate surface area is 399 Å². The van der Waals surface area contributed by atoms with E-state index in [1.165, 1.54) is 133 Å². The van der Waals surface area contributed by atoms with Gasteiger partial charge >= 0.3 is 6.85 Å². The first-order valence-electron chi connectivity index (χ1n) is 24.7. The van der Waals surface area contributed by atoms with E-state index in [2.05, 4.69) is 209 Å². The molecule has 2 aliphatic heterocycles. The number of hydrogen-bond acceptors (Lipinski definition) is 3. The fraction of sp³-hybridized carbons (Fsp3) is 0.323. The van der Waals surface area contributed by atoms with Crippen LogP contribution in [0.15, 0.2) is 114 Å². The molecule has 0 N–H and O–H groups in total. The second kappa shape index (κ2) is 13.1. The molecule has 1 aliphatic carbocycles. The van der Waals surface area contributed by atoms with Gasteiger partial charge in [0.15, 0.2) is 0 Å². The van der Waals surface area contributed by atoms with E-state index in [4.69, 9.17) is 4.42 Å². The lowest BCUT2D eigenvalue weighted by molar-refractivity contribution is 0.332. The first-order valence-corrected chi connectivity index (χ1v) is 25.5. The van der Waals surface area contributed by atoms with E-state index in [0.29, 0.717) is 0 Å². The van der Waals surface area contributed by atoms with Crippen LogP contribution >= 0.6 is 11.3 Å². The van der Waals surface area contributed by atoms with Gasteiger partial charge in [-0.3, -0.25) is 0 Å². The van der Waals surface area contributed by atoms with Crippen LogP contribution < -0.4 is 15.7 Å². The van der Waals surface area contributed by atoms with Gasteiger partial charge in [0.25, 0.3) is 0 Å². The van der Waals surface area contributed by atoms with Crippen molar-refractivity contribution in [1.29, 1.82) is 0 Å². The Hall–Kier alpha value is -5.78. The molecule has 0 saturated carbocycles. The summed E-state index contributed by atoms with van der Waals surface area (Å²) in [6.45, 7) is 30.7. The van der Waals surface area contributed by atoms with Crippen LogP contribution in [0.5, 0.6) is 0 Å². The van der Waals surface area contributed by atoms with Crippen molar-refractivity contribution in [3.8, 4) is 16.8 Å². The maximum Gasteiger partial charge on any atom is 0.333 e. The Bertz CT molecular complexity index is 3810. The third-order valence-electron chi connectivity index (χ3n) is 16.5. The molecule has 7 aromatic carbocycles. The number of para-hydroxylation sites is 1. The predicted octanol–water partition coefficient (Wildman–Crippen LogP) is 16.5. The zero-order valence-electron chi connectivity index (χ0n) is 41.6. The summed E-state index contributed by atoms with van der Waals surface area (Å²) in [7, 11) is 0. The highest BCUT2D eigenvalue weighted by Crippen LogP contribution is 2.55. The van der Waals surface area contributed by atoms with Crippen molar-refractivity contribution < 1.29 is 4.42 Å². The van der Waals surface area contributed by atoms with E-state index in [9.17, 15) is 0 Å². The summed E-state index contributed by atoms with van der Waals surface area (Å²) in [6, 6.07) is 43.3. The van der Waals surface area contributed by atoms with Crippen LogP contribution in [0.1, 0.15) is 131 Å². The van der Waals surface area contributed by atoms with Crippen LogP contribution in [0, 0.1) is 0 Å². The molecule has 0 atom stereocenters. The minimum Gasteiger partial charge on any atom is -0.455 e. The summed E-state index contributed by atoms with van der Waals surface area (Å²) < 4.78 is 12.6. The summed E-state index contributed by atoms with van der Waals surface area (Å²) in [6.07, 6.45) is 2.40. The maximum absolute atomic E-state index is 7.27. The van der Waals surface area contributed by atoms with Crippen LogP contribution in [0.3, 0.4) is 0 Å². The highest BCUT2D eigenvalue weighted by molar-refractivity contribution is 7.25. The molecule has 5 heterocycles. The second-order valence-electron chi connectivity index (χ2n) is 24.9. The smallest absolute Gasteiger partial charge is 0.333 e. The molecule has 0 unspecified atom stereocenters. The van der Waals surface area contributed by atoms with E-state index in [-0.39, 0.29) is 33.9 Å². The van der Waals surface area contributed by atoms with Gasteiger partial charge in [0.1, 0.15) is 11.2 Å². The summed E-state index contributed by atoms with van der Waals surface area (Å²) in [4.78, 5) is 2.74. The number of hydrogen-bond donors (Lipinski definition) is 0. The molecule has 334 valence electrons. The van der Waals surface area contributed by atoms with Gasteiger partial charge in [0.05, 0.1) is 16.4 Å². The fourth-order valence-corrected chi connectivity index (χ4v) is 13.6. The van der Waals surface area contributed by atoms with Crippen molar-refractivity contribution in [2.45, 2.75) is 130 Å². The van der Waals surface area contributed by atoms with Crippen molar-refractivity contribution in [3.05, 3.63) is 137 Å². The third kappa shape index (κ3) is 5.64. The first kappa shape index (κ1) is 41.4. The van der Waals surface area contributed by atoms with Gasteiger partial charge in [-0.1, -0.05) is 139 Å². The summed E-state index contributed by atoms with van der Waals surface area (Å²) in [5, 5.41) is 7.59. The molecule has 67 heavy (non-hydrogen) atoms. The molecule has 0 amide bonds. The molecular formula is C62H61BN2OS. The van der Waals surface area contributed by atoms with Gasteiger partial charge < -0.3 is 13.8 Å². The molecule has 10 aromatic rings. The van der Waals surface area contributed by atoms with E-state index < -0.39 is 0 Å². The largest absolute Gasteiger partial charge is 0.455 e. The van der Waals surface area contributed by atoms with Crippen molar-refractivity contribution >= 4 is 104 Å². The van der Waals surface area contributed by atoms with Gasteiger partial charge in [0, 0.05) is 59.0 Å². The second-order valence-corrected chi connectivity index (χ2v) is 25.9. The molecule has 3 aromatic heterocycles. The van der Waals surface area contributed by atoms with Crippen LogP contribution in [-0.4, -0.2) is 11.4 Å². The highest BCUT2D eigenvalue weighted by atomic mass is 32.1. The minimum atomic E-state index is -0.116. The first-order chi connectivity index (χ1) is 31.6. The number of furan rings is 1. The number of thiophene rings is 1. The van der Waals surface area contributed by atoms with Crippen LogP contribution in [0.2, 0.25) is 0 Å². The van der Waals surface area contributed by atoms with E-state index in [1.807, 2.05) is 11.3 Å². The molecule has 0 bridgehead atoms. The van der Waals surface area contributed by atoms with E-state index >= 15 is 0 Å². The van der Waals surface area contributed by atoms with Crippen LogP contribution in [-0.2, 0) is 27.1 Å². The number of aromatic nitrogens is 1. The molecule has 0 spiro atoms. The normalized spacial score (nSPS) is 16.5. The van der Waals surface area contributed by atoms with Crippen LogP contribution in [0.4, 0.5) is 11.4 Å². The van der Waals surface area contributed by atoms with Gasteiger partial charge in [0.2, 0.25) is 0 Å². The van der Waals surface area contributed by atoms with Crippen molar-refractivity contribution in [1.82, 2.24) is 4.57 Å². The summed E-state index contributed by atoms with van der Waals surface area (Å²) in [5.41, 5.74) is 20.7. The van der Waals surface area contributed by atoms with Crippen molar-refractivity contribution in [2.24, 2.45) is 0 Å². The average molecular weight is 893 g/mol. The minimum absolute atomic E-state index is 0.0264. The molecule has 3 nitrogen and oxygen atoms in total. The van der Waals surface area contributed by atoms with Gasteiger partial charge in [-0.2, -0.15) is 0 Å². The topological polar surface area (TPSA) is 21.3 Å². The number of benzene rings is 7. The Morgan fingerprint density at radius 3 is 1.88 bits per heavy atom. The molecule has 5 heteroatoms. The lowest BCUT2D eigenvalue weighted by Gasteiger charge is -2.43. The molecule has 3 aliphatic rings. The molecular weight excluding hydrogens is 832 g/mol. The summed E-state index contributed by atoms with van der Waals surface area (Å²) in [5.74, 6) is 0. The third-order valence-corrected chi connectivity index (χ3v) is 17.6. The number of fused-ring (bicyclic) bond motifs is 17. The highest BCUT2D eigenvalue weighted by Gasteiger charge is 2.47. The number of rotatable bonds is 1. The quantitative estimate of drug-likeness (QED) is 0.153. The Kier molecular flexibility index (Phi) is 8.07. The molecule has 0 saturated heterocycles. The van der Waals surface area contributed by atoms with E-state index in [1.54, 1.807) is 0 Å². The van der Waals surface area contributed by atoms with Crippen LogP contribution in [0.25, 0.3) is 80.7 Å². The Balaban J connectivity index is 1.25. The van der Waals surface area contributed by atoms with Crippen molar-refractivity contribution in [3.63, 3.8) is 0 Å². The maximum atomic E-state index is 7.27. The fourth-order valence-electron chi connectivity index (χ4n) is 12.4. The average Bonchev–Trinajstić information content (AvgIpc) is 3.94. The van der Waals surface area contributed by atoms with Crippen molar-refractivity contribution in [2.75, 3.05) is 4.81 Å². The van der Waals surface area contributed by atoms with Gasteiger partial charge in [-0.05, 0) is 145 Å². The molecule has 13 rings (SSSR count).